The molecule has 0 aliphatic heterocycles. The van der Waals surface area contributed by atoms with Crippen LogP contribution in [-0.2, 0) is 4.74 Å². The number of ether oxygens (including phenoxy) is 1. The first kappa shape index (κ1) is 15.8. The smallest absolute Gasteiger partial charge is 0.341 e. The van der Waals surface area contributed by atoms with E-state index >= 15 is 0 Å². The molecule has 0 aliphatic rings. The number of nitrogen functional groups attached to an aromatic ring is 1. The van der Waals surface area contributed by atoms with Gasteiger partial charge in [0.25, 0.3) is 0 Å². The van der Waals surface area contributed by atoms with E-state index in [0.29, 0.717) is 10.6 Å². The molecule has 8 nitrogen and oxygen atoms in total. The molecule has 3 aromatic rings. The zero-order chi connectivity index (χ0) is 17.1. The Morgan fingerprint density at radius 1 is 1.38 bits per heavy atom. The number of benzene rings is 1. The van der Waals surface area contributed by atoms with Crippen LogP contribution in [-0.4, -0.2) is 38.6 Å². The van der Waals surface area contributed by atoms with Crippen LogP contribution in [0.25, 0.3) is 16.1 Å². The summed E-state index contributed by atoms with van der Waals surface area (Å²) in [7, 11) is 0. The minimum Gasteiger partial charge on any atom is -0.462 e. The highest BCUT2D eigenvalue weighted by Gasteiger charge is 2.28. The zero-order valence-corrected chi connectivity index (χ0v) is 13.6. The van der Waals surface area contributed by atoms with Crippen LogP contribution in [0.5, 0.6) is 0 Å². The number of carbonyl (C=O) groups is 1. The van der Waals surface area contributed by atoms with Gasteiger partial charge >= 0.3 is 5.97 Å². The van der Waals surface area contributed by atoms with Gasteiger partial charge in [0, 0.05) is 0 Å². The summed E-state index contributed by atoms with van der Waals surface area (Å²) in [5.74, 6) is -0.772. The Morgan fingerprint density at radius 3 is 2.71 bits per heavy atom. The van der Waals surface area contributed by atoms with Crippen LogP contribution in [0.1, 0.15) is 22.2 Å². The number of thiophene rings is 1. The third kappa shape index (κ3) is 2.76. The Balaban J connectivity index is 2.32. The maximum atomic E-state index is 12.5. The Morgan fingerprint density at radius 2 is 2.12 bits per heavy atom. The van der Waals surface area contributed by atoms with E-state index in [-0.39, 0.29) is 18.0 Å². The van der Waals surface area contributed by atoms with E-state index in [9.17, 15) is 4.79 Å². The third-order valence-corrected chi connectivity index (χ3v) is 4.48. The van der Waals surface area contributed by atoms with Crippen LogP contribution < -0.4 is 5.73 Å². The number of nitrogens with one attached hydrogen (secondary N) is 1. The second-order valence-electron chi connectivity index (χ2n) is 4.74. The first-order valence-electron chi connectivity index (χ1n) is 7.10. The first-order chi connectivity index (χ1) is 11.6. The molecule has 0 saturated heterocycles. The van der Waals surface area contributed by atoms with E-state index in [1.54, 1.807) is 6.92 Å². The molecular weight excluding hydrogens is 328 g/mol. The summed E-state index contributed by atoms with van der Waals surface area (Å²) in [5, 5.41) is 19.0. The standard InChI is InChI=1S/C15H14N6O2S/c1-2-23-15(22)10-11(21-8-18-19-20-21)12(24-13(10)14(16)17)9-6-4-3-5-7-9/h3-8H,2H2,1H3,(H3,16,17). The molecule has 0 saturated carbocycles. The highest BCUT2D eigenvalue weighted by atomic mass is 32.1. The second kappa shape index (κ2) is 6.59. The maximum absolute atomic E-state index is 12.5. The van der Waals surface area contributed by atoms with Crippen molar-refractivity contribution >= 4 is 23.1 Å². The molecule has 0 amide bonds. The van der Waals surface area contributed by atoms with Crippen LogP contribution >= 0.6 is 11.3 Å². The summed E-state index contributed by atoms with van der Waals surface area (Å²) in [5.41, 5.74) is 7.21. The Bertz CT molecular complexity index is 873. The van der Waals surface area contributed by atoms with Crippen LogP contribution in [0.2, 0.25) is 0 Å². The van der Waals surface area contributed by atoms with Gasteiger partial charge in [-0.2, -0.15) is 4.68 Å². The SMILES string of the molecule is CCOC(=O)c1c(C(=N)N)sc(-c2ccccc2)c1-n1cnnn1. The molecule has 0 atom stereocenters. The van der Waals surface area contributed by atoms with E-state index in [1.165, 1.54) is 22.3 Å². The normalized spacial score (nSPS) is 10.5. The van der Waals surface area contributed by atoms with E-state index in [2.05, 4.69) is 15.5 Å². The molecule has 2 aromatic heterocycles. The minimum absolute atomic E-state index is 0.195. The number of esters is 1. The predicted octanol–water partition coefficient (Wildman–Crippen LogP) is 1.85. The molecule has 3 N–H and O–H groups in total. The monoisotopic (exact) mass is 342 g/mol. The quantitative estimate of drug-likeness (QED) is 0.415. The summed E-state index contributed by atoms with van der Waals surface area (Å²) in [6.45, 7) is 1.92. The van der Waals surface area contributed by atoms with Gasteiger partial charge in [0.1, 0.15) is 23.4 Å². The minimum atomic E-state index is -0.563. The molecule has 122 valence electrons. The number of tetrazole rings is 1. The average molecular weight is 342 g/mol. The number of aromatic nitrogens is 4. The van der Waals surface area contributed by atoms with Crippen LogP contribution in [0.3, 0.4) is 0 Å². The molecule has 0 spiro atoms. The molecule has 3 rings (SSSR count). The fraction of sp³-hybridized carbons (Fsp3) is 0.133. The third-order valence-electron chi connectivity index (χ3n) is 3.22. The molecule has 0 fully saturated rings. The number of hydrogen-bond acceptors (Lipinski definition) is 7. The van der Waals surface area contributed by atoms with Crippen molar-refractivity contribution in [3.8, 4) is 16.1 Å². The lowest BCUT2D eigenvalue weighted by Crippen LogP contribution is -2.17. The lowest BCUT2D eigenvalue weighted by molar-refractivity contribution is 0.0526. The molecule has 2 heterocycles. The van der Waals surface area contributed by atoms with E-state index in [4.69, 9.17) is 15.9 Å². The first-order valence-corrected chi connectivity index (χ1v) is 7.92. The number of nitrogens with zero attached hydrogens (tertiary/aromatic N) is 4. The lowest BCUT2D eigenvalue weighted by atomic mass is 10.1. The molecule has 0 bridgehead atoms. The van der Waals surface area contributed by atoms with Gasteiger partial charge in [-0.3, -0.25) is 5.41 Å². The maximum Gasteiger partial charge on any atom is 0.341 e. The van der Waals surface area contributed by atoms with Crippen LogP contribution in [0.4, 0.5) is 0 Å². The summed E-state index contributed by atoms with van der Waals surface area (Å²) >= 11 is 1.23. The fourth-order valence-corrected chi connectivity index (χ4v) is 3.41. The van der Waals surface area contributed by atoms with Crippen molar-refractivity contribution in [2.75, 3.05) is 6.61 Å². The van der Waals surface area contributed by atoms with Crippen molar-refractivity contribution in [2.24, 2.45) is 5.73 Å². The molecule has 9 heteroatoms. The summed E-state index contributed by atoms with van der Waals surface area (Å²) in [6.07, 6.45) is 1.39. The highest BCUT2D eigenvalue weighted by Crippen LogP contribution is 2.39. The molecular formula is C15H14N6O2S. The molecule has 0 radical (unpaired) electrons. The van der Waals surface area contributed by atoms with E-state index in [0.717, 1.165) is 10.4 Å². The zero-order valence-electron chi connectivity index (χ0n) is 12.8. The van der Waals surface area contributed by atoms with Gasteiger partial charge in [-0.15, -0.1) is 16.4 Å². The van der Waals surface area contributed by atoms with Crippen molar-refractivity contribution in [1.29, 1.82) is 5.41 Å². The van der Waals surface area contributed by atoms with E-state index < -0.39 is 5.97 Å². The van der Waals surface area contributed by atoms with Gasteiger partial charge < -0.3 is 10.5 Å². The molecule has 0 unspecified atom stereocenters. The molecule has 0 aliphatic carbocycles. The highest BCUT2D eigenvalue weighted by molar-refractivity contribution is 7.18. The number of hydrogen-bond donors (Lipinski definition) is 2. The topological polar surface area (TPSA) is 120 Å². The predicted molar refractivity (Wildman–Crippen MR) is 89.4 cm³/mol. The number of rotatable bonds is 5. The number of nitrogens with two attached hydrogens (primary N) is 1. The van der Waals surface area contributed by atoms with Crippen molar-refractivity contribution in [2.45, 2.75) is 6.92 Å². The van der Waals surface area contributed by atoms with Crippen molar-refractivity contribution in [1.82, 2.24) is 20.2 Å². The average Bonchev–Trinajstić information content (AvgIpc) is 3.23. The van der Waals surface area contributed by atoms with Crippen molar-refractivity contribution in [3.63, 3.8) is 0 Å². The summed E-state index contributed by atoms with van der Waals surface area (Å²) in [4.78, 5) is 13.5. The van der Waals surface area contributed by atoms with Crippen LogP contribution in [0.15, 0.2) is 36.7 Å². The van der Waals surface area contributed by atoms with Crippen molar-refractivity contribution in [3.05, 3.63) is 47.1 Å². The Hall–Kier alpha value is -3.07. The van der Waals surface area contributed by atoms with Crippen LogP contribution in [0, 0.1) is 5.41 Å². The second-order valence-corrected chi connectivity index (χ2v) is 5.76. The number of carbonyl (C=O) groups excluding carboxylic acids is 1. The van der Waals surface area contributed by atoms with E-state index in [1.807, 2.05) is 30.3 Å². The Kier molecular flexibility index (Phi) is 4.34. The largest absolute Gasteiger partial charge is 0.462 e. The van der Waals surface area contributed by atoms with Gasteiger partial charge in [0.2, 0.25) is 0 Å². The lowest BCUT2D eigenvalue weighted by Gasteiger charge is -2.07. The van der Waals surface area contributed by atoms with Gasteiger partial charge in [-0.1, -0.05) is 30.3 Å². The molecule has 1 aromatic carbocycles. The summed E-state index contributed by atoms with van der Waals surface area (Å²) in [6, 6.07) is 9.47. The Labute approximate surface area is 141 Å². The van der Waals surface area contributed by atoms with Gasteiger partial charge in [-0.05, 0) is 22.9 Å². The van der Waals surface area contributed by atoms with Crippen molar-refractivity contribution < 1.29 is 9.53 Å². The van der Waals surface area contributed by atoms with Gasteiger partial charge in [-0.25, -0.2) is 4.79 Å². The van der Waals surface area contributed by atoms with Gasteiger partial charge in [0.15, 0.2) is 0 Å². The number of amidine groups is 1. The summed E-state index contributed by atoms with van der Waals surface area (Å²) < 4.78 is 6.53. The van der Waals surface area contributed by atoms with Gasteiger partial charge in [0.05, 0.1) is 16.4 Å². The molecule has 24 heavy (non-hydrogen) atoms. The fourth-order valence-electron chi connectivity index (χ4n) is 2.27.